The minimum Gasteiger partial charge on any atom is -0.317 e. The maximum Gasteiger partial charge on any atom is 0.00697 e. The van der Waals surface area contributed by atoms with Crippen molar-refractivity contribution in [2.45, 2.75) is 32.2 Å². The van der Waals surface area contributed by atoms with Gasteiger partial charge in [0.15, 0.2) is 0 Å². The van der Waals surface area contributed by atoms with E-state index in [4.69, 9.17) is 0 Å². The summed E-state index contributed by atoms with van der Waals surface area (Å²) in [4.78, 5) is 2.49. The van der Waals surface area contributed by atoms with Crippen molar-refractivity contribution in [2.24, 2.45) is 11.3 Å². The molecule has 76 valence electrons. The van der Waals surface area contributed by atoms with Crippen LogP contribution in [-0.2, 0) is 0 Å². The van der Waals surface area contributed by atoms with Crippen molar-refractivity contribution in [1.82, 2.24) is 10.2 Å². The molecule has 2 heteroatoms. The summed E-state index contributed by atoms with van der Waals surface area (Å²) in [6.45, 7) is 4.99. The van der Waals surface area contributed by atoms with E-state index in [1.807, 2.05) is 0 Å². The van der Waals surface area contributed by atoms with E-state index in [1.165, 1.54) is 32.4 Å². The molecule has 0 aromatic rings. The lowest BCUT2D eigenvalue weighted by Gasteiger charge is -2.50. The molecule has 3 unspecified atom stereocenters. The molecular formula is C11H22N2. The molecule has 1 N–H and O–H groups in total. The first-order chi connectivity index (χ1) is 6.18. The largest absolute Gasteiger partial charge is 0.317 e. The van der Waals surface area contributed by atoms with Crippen LogP contribution in [0.15, 0.2) is 0 Å². The van der Waals surface area contributed by atoms with Gasteiger partial charge in [-0.15, -0.1) is 0 Å². The molecule has 1 aliphatic heterocycles. The second-order valence-electron chi connectivity index (χ2n) is 5.07. The maximum absolute atomic E-state index is 3.41. The molecule has 1 saturated heterocycles. The Labute approximate surface area is 81.7 Å². The number of likely N-dealkylation sites (tertiary alicyclic amines) is 1. The van der Waals surface area contributed by atoms with Gasteiger partial charge in [0.1, 0.15) is 0 Å². The molecule has 1 saturated carbocycles. The van der Waals surface area contributed by atoms with Crippen LogP contribution < -0.4 is 5.32 Å². The Morgan fingerprint density at radius 3 is 2.62 bits per heavy atom. The lowest BCUT2D eigenvalue weighted by Crippen LogP contribution is -2.50. The molecule has 2 fully saturated rings. The van der Waals surface area contributed by atoms with Crippen molar-refractivity contribution in [3.63, 3.8) is 0 Å². The third-order valence-corrected chi connectivity index (χ3v) is 4.37. The highest BCUT2D eigenvalue weighted by molar-refractivity contribution is 5.03. The predicted molar refractivity (Wildman–Crippen MR) is 55.8 cm³/mol. The van der Waals surface area contributed by atoms with Crippen LogP contribution in [0.5, 0.6) is 0 Å². The summed E-state index contributed by atoms with van der Waals surface area (Å²) in [5, 5.41) is 3.41. The van der Waals surface area contributed by atoms with Crippen molar-refractivity contribution in [1.29, 1.82) is 0 Å². The predicted octanol–water partition coefficient (Wildman–Crippen LogP) is 1.33. The van der Waals surface area contributed by atoms with Crippen molar-refractivity contribution >= 4 is 0 Å². The molecule has 0 bridgehead atoms. The first-order valence-corrected chi connectivity index (χ1v) is 5.54. The van der Waals surface area contributed by atoms with Crippen molar-refractivity contribution < 1.29 is 0 Å². The quantitative estimate of drug-likeness (QED) is 0.693. The molecule has 3 atom stereocenters. The van der Waals surface area contributed by atoms with Crippen LogP contribution in [0.2, 0.25) is 0 Å². The summed E-state index contributed by atoms with van der Waals surface area (Å²) in [7, 11) is 4.35. The fourth-order valence-corrected chi connectivity index (χ4v) is 3.32. The normalized spacial score (nSPS) is 42.2. The lowest BCUT2D eigenvalue weighted by molar-refractivity contribution is 0.0187. The Kier molecular flexibility index (Phi) is 2.37. The third kappa shape index (κ3) is 1.40. The van der Waals surface area contributed by atoms with Crippen LogP contribution in [0.1, 0.15) is 26.2 Å². The zero-order valence-electron chi connectivity index (χ0n) is 9.14. The second kappa shape index (κ2) is 3.25. The molecule has 13 heavy (non-hydrogen) atoms. The van der Waals surface area contributed by atoms with Gasteiger partial charge in [-0.3, -0.25) is 0 Å². The van der Waals surface area contributed by atoms with E-state index in [0.29, 0.717) is 11.5 Å². The van der Waals surface area contributed by atoms with Gasteiger partial charge < -0.3 is 10.2 Å². The van der Waals surface area contributed by atoms with E-state index in [9.17, 15) is 0 Å². The van der Waals surface area contributed by atoms with Crippen LogP contribution in [0.4, 0.5) is 0 Å². The smallest absolute Gasteiger partial charge is 0.00697 e. The van der Waals surface area contributed by atoms with Crippen LogP contribution in [0.3, 0.4) is 0 Å². The monoisotopic (exact) mass is 182 g/mol. The van der Waals surface area contributed by atoms with Gasteiger partial charge in [0.25, 0.3) is 0 Å². The summed E-state index contributed by atoms with van der Waals surface area (Å²) < 4.78 is 0. The summed E-state index contributed by atoms with van der Waals surface area (Å²) in [5.74, 6) is 0.933. The van der Waals surface area contributed by atoms with E-state index in [1.54, 1.807) is 0 Å². The third-order valence-electron chi connectivity index (χ3n) is 4.37. The van der Waals surface area contributed by atoms with Crippen LogP contribution in [-0.4, -0.2) is 38.1 Å². The average molecular weight is 182 g/mol. The van der Waals surface area contributed by atoms with Crippen molar-refractivity contribution in [3.05, 3.63) is 0 Å². The van der Waals surface area contributed by atoms with Crippen LogP contribution in [0, 0.1) is 11.3 Å². The molecule has 1 spiro atoms. The fourth-order valence-electron chi connectivity index (χ4n) is 3.32. The Bertz CT molecular complexity index is 193. The first-order valence-electron chi connectivity index (χ1n) is 5.54. The van der Waals surface area contributed by atoms with Crippen molar-refractivity contribution in [2.75, 3.05) is 27.2 Å². The van der Waals surface area contributed by atoms with E-state index in [-0.39, 0.29) is 0 Å². The van der Waals surface area contributed by atoms with E-state index in [0.717, 1.165) is 5.92 Å². The van der Waals surface area contributed by atoms with E-state index in [2.05, 4.69) is 31.2 Å². The molecule has 0 aromatic carbocycles. The minimum absolute atomic E-state index is 0.692. The Hall–Kier alpha value is -0.0800. The number of hydrogen-bond donors (Lipinski definition) is 1. The Morgan fingerprint density at radius 1 is 1.46 bits per heavy atom. The average Bonchev–Trinajstić information content (AvgIpc) is 2.48. The van der Waals surface area contributed by atoms with Crippen LogP contribution in [0.25, 0.3) is 0 Å². The highest BCUT2D eigenvalue weighted by Crippen LogP contribution is 2.53. The Morgan fingerprint density at radius 2 is 2.23 bits per heavy atom. The van der Waals surface area contributed by atoms with Gasteiger partial charge in [0, 0.05) is 12.6 Å². The molecule has 0 radical (unpaired) electrons. The van der Waals surface area contributed by atoms with Gasteiger partial charge in [0.05, 0.1) is 0 Å². The number of hydrogen-bond acceptors (Lipinski definition) is 2. The molecule has 1 aliphatic carbocycles. The zero-order chi connectivity index (χ0) is 9.47. The first kappa shape index (κ1) is 9.47. The van der Waals surface area contributed by atoms with E-state index < -0.39 is 0 Å². The van der Waals surface area contributed by atoms with Crippen molar-refractivity contribution in [3.8, 4) is 0 Å². The van der Waals surface area contributed by atoms with Crippen LogP contribution >= 0.6 is 0 Å². The number of nitrogens with zero attached hydrogens (tertiary/aromatic N) is 1. The highest BCUT2D eigenvalue weighted by Gasteiger charge is 2.51. The van der Waals surface area contributed by atoms with Gasteiger partial charge in [-0.25, -0.2) is 0 Å². The summed E-state index contributed by atoms with van der Waals surface area (Å²) >= 11 is 0. The Balaban J connectivity index is 2.00. The maximum atomic E-state index is 3.41. The minimum atomic E-state index is 0.692. The van der Waals surface area contributed by atoms with Gasteiger partial charge in [-0.05, 0) is 58.2 Å². The molecule has 0 amide bonds. The summed E-state index contributed by atoms with van der Waals surface area (Å²) in [5.41, 5.74) is 0.692. The molecule has 0 aromatic heterocycles. The number of rotatable bonds is 2. The van der Waals surface area contributed by atoms with Gasteiger partial charge >= 0.3 is 0 Å². The summed E-state index contributed by atoms with van der Waals surface area (Å²) in [6.07, 6.45) is 4.34. The molecule has 1 heterocycles. The molecule has 2 rings (SSSR count). The topological polar surface area (TPSA) is 15.3 Å². The second-order valence-corrected chi connectivity index (χ2v) is 5.07. The SMILES string of the molecule is CNC(C)C1CCC12CCN(C)C2. The fraction of sp³-hybridized carbons (Fsp3) is 1.00. The van der Waals surface area contributed by atoms with Gasteiger partial charge in [-0.1, -0.05) is 0 Å². The zero-order valence-corrected chi connectivity index (χ0v) is 9.14. The lowest BCUT2D eigenvalue weighted by atomic mass is 9.57. The standard InChI is InChI=1S/C11H22N2/c1-9(12-2)10-4-5-11(10)6-7-13(3)8-11/h9-10,12H,4-8H2,1-3H3. The molecule has 2 nitrogen and oxygen atoms in total. The van der Waals surface area contributed by atoms with Gasteiger partial charge in [0.2, 0.25) is 0 Å². The van der Waals surface area contributed by atoms with E-state index >= 15 is 0 Å². The molecular weight excluding hydrogens is 160 g/mol. The van der Waals surface area contributed by atoms with Gasteiger partial charge in [-0.2, -0.15) is 0 Å². The summed E-state index contributed by atoms with van der Waals surface area (Å²) in [6, 6.07) is 0.709. The highest BCUT2D eigenvalue weighted by atomic mass is 15.1. The number of nitrogens with one attached hydrogen (secondary N) is 1. The molecule has 2 aliphatic rings.